The third-order valence-corrected chi connectivity index (χ3v) is 5.50. The number of nitrogens with zero attached hydrogens (tertiary/aromatic N) is 2. The maximum atomic E-state index is 12.3. The zero-order valence-electron chi connectivity index (χ0n) is 16.8. The quantitative estimate of drug-likeness (QED) is 0.616. The van der Waals surface area contributed by atoms with Crippen molar-refractivity contribution in [2.24, 2.45) is 5.41 Å². The van der Waals surface area contributed by atoms with Crippen molar-refractivity contribution < 1.29 is 9.53 Å². The van der Waals surface area contributed by atoms with Gasteiger partial charge in [-0.2, -0.15) is 0 Å². The molecule has 1 aromatic heterocycles. The fourth-order valence-corrected chi connectivity index (χ4v) is 4.66. The molecule has 0 unspecified atom stereocenters. The Labute approximate surface area is 169 Å². The highest BCUT2D eigenvalue weighted by atomic mass is 32.2. The summed E-state index contributed by atoms with van der Waals surface area (Å²) in [6.07, 6.45) is 0.905. The molecular weight excluding hydrogens is 380 g/mol. The molecule has 2 aromatic rings. The first-order chi connectivity index (χ1) is 12.6. The van der Waals surface area contributed by atoms with Crippen LogP contribution in [0.2, 0.25) is 0 Å². The van der Waals surface area contributed by atoms with Gasteiger partial charge in [0.15, 0.2) is 4.34 Å². The van der Waals surface area contributed by atoms with Gasteiger partial charge in [-0.1, -0.05) is 56.0 Å². The molecule has 0 bridgehead atoms. The molecule has 1 aromatic carbocycles. The molecule has 8 heteroatoms. The van der Waals surface area contributed by atoms with Crippen LogP contribution in [0.25, 0.3) is 0 Å². The number of carbonyl (C=O) groups is 1. The van der Waals surface area contributed by atoms with Crippen LogP contribution in [-0.4, -0.2) is 34.5 Å². The Morgan fingerprint density at radius 1 is 1.19 bits per heavy atom. The molecular formula is C19H28N4O2S2. The number of ether oxygens (including phenoxy) is 1. The van der Waals surface area contributed by atoms with Crippen LogP contribution in [0, 0.1) is 5.41 Å². The molecule has 6 nitrogen and oxygen atoms in total. The van der Waals surface area contributed by atoms with E-state index in [1.165, 1.54) is 23.1 Å². The normalized spacial score (nSPS) is 11.9. The van der Waals surface area contributed by atoms with E-state index >= 15 is 0 Å². The molecule has 0 aliphatic heterocycles. The molecule has 0 fully saturated rings. The monoisotopic (exact) mass is 408 g/mol. The number of benzene rings is 1. The van der Waals surface area contributed by atoms with Gasteiger partial charge in [0.25, 0.3) is 0 Å². The summed E-state index contributed by atoms with van der Waals surface area (Å²) in [7, 11) is 1.63. The molecule has 0 atom stereocenters. The zero-order chi connectivity index (χ0) is 20.1. The number of aromatic nitrogens is 2. The van der Waals surface area contributed by atoms with Crippen LogP contribution >= 0.6 is 23.1 Å². The van der Waals surface area contributed by atoms with Crippen molar-refractivity contribution in [3.8, 4) is 5.75 Å². The number of carbonyl (C=O) groups excluding carboxylic acids is 1. The number of methoxy groups -OCH3 is 1. The Hall–Kier alpha value is -1.80. The highest BCUT2D eigenvalue weighted by Crippen LogP contribution is 2.31. The minimum absolute atomic E-state index is 0.00341. The Morgan fingerprint density at radius 3 is 2.56 bits per heavy atom. The molecule has 0 aliphatic carbocycles. The lowest BCUT2D eigenvalue weighted by Gasteiger charge is -2.33. The van der Waals surface area contributed by atoms with Crippen LogP contribution in [-0.2, 0) is 4.79 Å². The van der Waals surface area contributed by atoms with Crippen LogP contribution in [0.4, 0.5) is 10.8 Å². The molecule has 0 saturated heterocycles. The molecule has 27 heavy (non-hydrogen) atoms. The number of thioether (sulfide) groups is 1. The minimum Gasteiger partial charge on any atom is -0.495 e. The number of amides is 1. The van der Waals surface area contributed by atoms with Gasteiger partial charge in [0, 0.05) is 5.54 Å². The Bertz CT molecular complexity index is 769. The molecule has 0 aliphatic rings. The number of anilines is 2. The average molecular weight is 409 g/mol. The molecule has 0 radical (unpaired) electrons. The molecule has 2 rings (SSSR count). The predicted molar refractivity (Wildman–Crippen MR) is 113 cm³/mol. The summed E-state index contributed by atoms with van der Waals surface area (Å²) < 4.78 is 6.07. The van der Waals surface area contributed by atoms with Crippen molar-refractivity contribution in [1.82, 2.24) is 15.5 Å². The molecule has 2 N–H and O–H groups in total. The number of hydrogen-bond donors (Lipinski definition) is 2. The largest absolute Gasteiger partial charge is 0.495 e. The molecule has 148 valence electrons. The first kappa shape index (κ1) is 21.5. The van der Waals surface area contributed by atoms with E-state index in [4.69, 9.17) is 4.74 Å². The van der Waals surface area contributed by atoms with Gasteiger partial charge >= 0.3 is 0 Å². The first-order valence-electron chi connectivity index (χ1n) is 8.75. The van der Waals surface area contributed by atoms with Crippen molar-refractivity contribution in [1.29, 1.82) is 0 Å². The van der Waals surface area contributed by atoms with Crippen molar-refractivity contribution in [3.63, 3.8) is 0 Å². The van der Waals surface area contributed by atoms with Gasteiger partial charge in [-0.25, -0.2) is 0 Å². The standard InChI is InChI=1S/C19H28N4O2S2/c1-18(2,3)12-19(4,5)21-15(24)11-26-17-23-22-16(27-17)20-13-9-7-8-10-14(13)25-6/h7-10H,11-12H2,1-6H3,(H,20,22)(H,21,24). The van der Waals surface area contributed by atoms with Gasteiger partial charge in [0.1, 0.15) is 5.75 Å². The van der Waals surface area contributed by atoms with Crippen molar-refractivity contribution in [3.05, 3.63) is 24.3 Å². The summed E-state index contributed by atoms with van der Waals surface area (Å²) in [5, 5.41) is 15.3. The van der Waals surface area contributed by atoms with Crippen molar-refractivity contribution >= 4 is 39.8 Å². The summed E-state index contributed by atoms with van der Waals surface area (Å²) in [5.74, 6) is 1.06. The van der Waals surface area contributed by atoms with E-state index in [0.717, 1.165) is 22.2 Å². The summed E-state index contributed by atoms with van der Waals surface area (Å²) in [6.45, 7) is 10.6. The van der Waals surface area contributed by atoms with Crippen LogP contribution in [0.5, 0.6) is 5.75 Å². The first-order valence-corrected chi connectivity index (χ1v) is 10.6. The van der Waals surface area contributed by atoms with Gasteiger partial charge < -0.3 is 15.4 Å². The van der Waals surface area contributed by atoms with Gasteiger partial charge in [-0.15, -0.1) is 10.2 Å². The van der Waals surface area contributed by atoms with E-state index in [1.54, 1.807) is 7.11 Å². The molecule has 1 heterocycles. The second-order valence-corrected chi connectivity index (χ2v) is 10.4. The topological polar surface area (TPSA) is 76.1 Å². The second-order valence-electron chi connectivity index (χ2n) is 8.16. The van der Waals surface area contributed by atoms with E-state index in [9.17, 15) is 4.79 Å². The summed E-state index contributed by atoms with van der Waals surface area (Å²) in [5.41, 5.74) is 0.741. The van der Waals surface area contributed by atoms with Gasteiger partial charge in [0.05, 0.1) is 18.6 Å². The number of nitrogens with one attached hydrogen (secondary N) is 2. The van der Waals surface area contributed by atoms with Crippen LogP contribution in [0.3, 0.4) is 0 Å². The zero-order valence-corrected chi connectivity index (χ0v) is 18.4. The Balaban J connectivity index is 1.88. The SMILES string of the molecule is COc1ccccc1Nc1nnc(SCC(=O)NC(C)(C)CC(C)(C)C)s1. The van der Waals surface area contributed by atoms with E-state index in [-0.39, 0.29) is 16.9 Å². The number of rotatable bonds is 8. The lowest BCUT2D eigenvalue weighted by Crippen LogP contribution is -2.46. The van der Waals surface area contributed by atoms with E-state index in [2.05, 4.69) is 55.4 Å². The van der Waals surface area contributed by atoms with Crippen molar-refractivity contribution in [2.45, 2.75) is 50.9 Å². The molecule has 0 spiro atoms. The lowest BCUT2D eigenvalue weighted by molar-refractivity contribution is -0.120. The fourth-order valence-electron chi connectivity index (χ4n) is 3.09. The fraction of sp³-hybridized carbons (Fsp3) is 0.526. The second kappa shape index (κ2) is 8.93. The summed E-state index contributed by atoms with van der Waals surface area (Å²) >= 11 is 2.80. The Morgan fingerprint density at radius 2 is 1.89 bits per heavy atom. The highest BCUT2D eigenvalue weighted by Gasteiger charge is 2.27. The van der Waals surface area contributed by atoms with Gasteiger partial charge in [-0.3, -0.25) is 4.79 Å². The smallest absolute Gasteiger partial charge is 0.230 e. The number of hydrogen-bond acceptors (Lipinski definition) is 7. The summed E-state index contributed by atoms with van der Waals surface area (Å²) in [6, 6.07) is 7.62. The highest BCUT2D eigenvalue weighted by molar-refractivity contribution is 8.01. The number of para-hydroxylation sites is 2. The van der Waals surface area contributed by atoms with E-state index in [1.807, 2.05) is 24.3 Å². The van der Waals surface area contributed by atoms with Crippen LogP contribution in [0.15, 0.2) is 28.6 Å². The van der Waals surface area contributed by atoms with Crippen LogP contribution < -0.4 is 15.4 Å². The maximum absolute atomic E-state index is 12.3. The van der Waals surface area contributed by atoms with Gasteiger partial charge in [-0.05, 0) is 37.8 Å². The summed E-state index contributed by atoms with van der Waals surface area (Å²) in [4.78, 5) is 12.3. The lowest BCUT2D eigenvalue weighted by atomic mass is 9.82. The predicted octanol–water partition coefficient (Wildman–Crippen LogP) is 4.71. The van der Waals surface area contributed by atoms with E-state index < -0.39 is 0 Å². The van der Waals surface area contributed by atoms with Crippen molar-refractivity contribution in [2.75, 3.05) is 18.2 Å². The molecule has 0 saturated carbocycles. The third kappa shape index (κ3) is 7.38. The van der Waals surface area contributed by atoms with Crippen LogP contribution in [0.1, 0.15) is 41.0 Å². The van der Waals surface area contributed by atoms with E-state index in [0.29, 0.717) is 10.9 Å². The Kier molecular flexibility index (Phi) is 7.11. The average Bonchev–Trinajstić information content (AvgIpc) is 2.98. The minimum atomic E-state index is -0.242. The molecule has 1 amide bonds. The maximum Gasteiger partial charge on any atom is 0.230 e. The van der Waals surface area contributed by atoms with Gasteiger partial charge in [0.2, 0.25) is 11.0 Å². The third-order valence-electron chi connectivity index (χ3n) is 3.53.